The van der Waals surface area contributed by atoms with E-state index < -0.39 is 10.9 Å². The molecule has 0 spiro atoms. The third kappa shape index (κ3) is 3.40. The Morgan fingerprint density at radius 2 is 2.24 bits per heavy atom. The molecule has 1 aromatic heterocycles. The van der Waals surface area contributed by atoms with Gasteiger partial charge in [0.25, 0.3) is 5.69 Å². The van der Waals surface area contributed by atoms with Crippen molar-refractivity contribution in [1.29, 1.82) is 0 Å². The van der Waals surface area contributed by atoms with Crippen LogP contribution in [0.15, 0.2) is 39.4 Å². The second-order valence-corrected chi connectivity index (χ2v) is 4.90. The predicted octanol–water partition coefficient (Wildman–Crippen LogP) is 3.35. The molecule has 1 aromatic carbocycles. The van der Waals surface area contributed by atoms with Gasteiger partial charge in [0.1, 0.15) is 0 Å². The molecule has 0 saturated heterocycles. The number of nitrogens with zero attached hydrogens (tertiary/aromatic N) is 1. The highest BCUT2D eigenvalue weighted by atomic mass is 79.9. The number of carbonyl (C=O) groups excluding carboxylic acids is 1. The Morgan fingerprint density at radius 1 is 1.48 bits per heavy atom. The highest BCUT2D eigenvalue weighted by molar-refractivity contribution is 9.10. The molecule has 2 aromatic rings. The van der Waals surface area contributed by atoms with Crippen molar-refractivity contribution in [3.63, 3.8) is 0 Å². The summed E-state index contributed by atoms with van der Waals surface area (Å²) in [7, 11) is 1.26. The molecule has 0 aliphatic heterocycles. The third-order valence-corrected chi connectivity index (χ3v) is 3.44. The van der Waals surface area contributed by atoms with Gasteiger partial charge < -0.3 is 14.5 Å². The molecule has 2 rings (SSSR count). The number of methoxy groups -OCH3 is 1. The first-order chi connectivity index (χ1) is 10.0. The molecular formula is C13H11BrN2O5. The molecule has 0 amide bonds. The van der Waals surface area contributed by atoms with E-state index in [1.54, 1.807) is 12.1 Å². The summed E-state index contributed by atoms with van der Waals surface area (Å²) in [5, 5.41) is 13.8. The standard InChI is InChI=1S/C13H11BrN2O5/c1-20-13(17)12-8(4-5-21-12)7-15-11-6-9(16(18)19)2-3-10(11)14/h2-6,15H,7H2,1H3. The third-order valence-electron chi connectivity index (χ3n) is 2.75. The Bertz CT molecular complexity index is 683. The van der Waals surface area contributed by atoms with Gasteiger partial charge in [0.2, 0.25) is 5.76 Å². The van der Waals surface area contributed by atoms with Crippen molar-refractivity contribution >= 4 is 33.3 Å². The topological polar surface area (TPSA) is 94.6 Å². The smallest absolute Gasteiger partial charge is 0.374 e. The zero-order valence-electron chi connectivity index (χ0n) is 11.0. The Balaban J connectivity index is 2.17. The number of nitrogens with one attached hydrogen (secondary N) is 1. The molecule has 1 N–H and O–H groups in total. The lowest BCUT2D eigenvalue weighted by molar-refractivity contribution is -0.384. The van der Waals surface area contributed by atoms with E-state index in [4.69, 9.17) is 4.42 Å². The lowest BCUT2D eigenvalue weighted by Crippen LogP contribution is -2.07. The maximum Gasteiger partial charge on any atom is 0.374 e. The van der Waals surface area contributed by atoms with E-state index in [2.05, 4.69) is 26.0 Å². The Morgan fingerprint density at radius 3 is 2.90 bits per heavy atom. The average Bonchev–Trinajstić information content (AvgIpc) is 2.93. The predicted molar refractivity (Wildman–Crippen MR) is 78.2 cm³/mol. The Hall–Kier alpha value is -2.35. The van der Waals surface area contributed by atoms with Crippen LogP contribution in [0.3, 0.4) is 0 Å². The first kappa shape index (κ1) is 15.0. The fourth-order valence-electron chi connectivity index (χ4n) is 1.70. The normalized spacial score (nSPS) is 10.2. The number of nitro groups is 1. The van der Waals surface area contributed by atoms with Crippen LogP contribution in [0.4, 0.5) is 11.4 Å². The van der Waals surface area contributed by atoms with E-state index in [0.29, 0.717) is 15.7 Å². The maximum absolute atomic E-state index is 11.5. The number of carbonyl (C=O) groups is 1. The highest BCUT2D eigenvalue weighted by Gasteiger charge is 2.16. The Labute approximate surface area is 128 Å². The van der Waals surface area contributed by atoms with Crippen LogP contribution < -0.4 is 5.32 Å². The molecular weight excluding hydrogens is 344 g/mol. The summed E-state index contributed by atoms with van der Waals surface area (Å²) < 4.78 is 10.3. The summed E-state index contributed by atoms with van der Waals surface area (Å²) in [4.78, 5) is 21.8. The number of rotatable bonds is 5. The summed E-state index contributed by atoms with van der Waals surface area (Å²) in [5.74, 6) is -0.471. The number of hydrogen-bond donors (Lipinski definition) is 1. The number of furan rings is 1. The first-order valence-corrected chi connectivity index (χ1v) is 6.64. The second kappa shape index (κ2) is 6.40. The number of non-ortho nitro benzene ring substituents is 1. The van der Waals surface area contributed by atoms with E-state index >= 15 is 0 Å². The van der Waals surface area contributed by atoms with Crippen molar-refractivity contribution in [2.24, 2.45) is 0 Å². The molecule has 8 heteroatoms. The molecule has 0 aliphatic rings. The molecule has 110 valence electrons. The zero-order chi connectivity index (χ0) is 15.4. The number of hydrogen-bond acceptors (Lipinski definition) is 6. The van der Waals surface area contributed by atoms with Gasteiger partial charge in [-0.1, -0.05) is 0 Å². The van der Waals surface area contributed by atoms with Crippen LogP contribution >= 0.6 is 15.9 Å². The van der Waals surface area contributed by atoms with Gasteiger partial charge >= 0.3 is 5.97 Å². The molecule has 0 unspecified atom stereocenters. The lowest BCUT2D eigenvalue weighted by Gasteiger charge is -2.08. The molecule has 0 atom stereocenters. The van der Waals surface area contributed by atoms with Gasteiger partial charge in [0, 0.05) is 28.7 Å². The quantitative estimate of drug-likeness (QED) is 0.502. The first-order valence-electron chi connectivity index (χ1n) is 5.85. The average molecular weight is 355 g/mol. The van der Waals surface area contributed by atoms with Crippen molar-refractivity contribution in [2.45, 2.75) is 6.54 Å². The summed E-state index contributed by atoms with van der Waals surface area (Å²) >= 11 is 3.30. The van der Waals surface area contributed by atoms with Gasteiger partial charge in [-0.25, -0.2) is 4.79 Å². The molecule has 1 heterocycles. The van der Waals surface area contributed by atoms with Gasteiger partial charge in [-0.2, -0.15) is 0 Å². The summed E-state index contributed by atoms with van der Waals surface area (Å²) in [6, 6.07) is 6.01. The van der Waals surface area contributed by atoms with E-state index in [0.717, 1.165) is 0 Å². The number of anilines is 1. The number of halogens is 1. The number of esters is 1. The molecule has 0 radical (unpaired) electrons. The zero-order valence-corrected chi connectivity index (χ0v) is 12.5. The van der Waals surface area contributed by atoms with Crippen LogP contribution in [0, 0.1) is 10.1 Å². The molecule has 0 bridgehead atoms. The van der Waals surface area contributed by atoms with Crippen molar-refractivity contribution in [3.05, 3.63) is 56.4 Å². The van der Waals surface area contributed by atoms with Crippen LogP contribution in [-0.4, -0.2) is 18.0 Å². The minimum absolute atomic E-state index is 0.0268. The van der Waals surface area contributed by atoms with Gasteiger partial charge in [-0.3, -0.25) is 10.1 Å². The number of ether oxygens (including phenoxy) is 1. The highest BCUT2D eigenvalue weighted by Crippen LogP contribution is 2.28. The molecule has 0 aliphatic carbocycles. The van der Waals surface area contributed by atoms with Crippen molar-refractivity contribution in [2.75, 3.05) is 12.4 Å². The van der Waals surface area contributed by atoms with Crippen LogP contribution in [0.5, 0.6) is 0 Å². The minimum Gasteiger partial charge on any atom is -0.463 e. The number of benzene rings is 1. The van der Waals surface area contributed by atoms with Crippen LogP contribution in [0.2, 0.25) is 0 Å². The fraction of sp³-hybridized carbons (Fsp3) is 0.154. The summed E-state index contributed by atoms with van der Waals surface area (Å²) in [6.45, 7) is 0.265. The van der Waals surface area contributed by atoms with Crippen LogP contribution in [0.1, 0.15) is 16.1 Å². The fourth-order valence-corrected chi connectivity index (χ4v) is 2.09. The van der Waals surface area contributed by atoms with Gasteiger partial charge in [-0.15, -0.1) is 0 Å². The molecule has 7 nitrogen and oxygen atoms in total. The molecule has 21 heavy (non-hydrogen) atoms. The molecule has 0 fully saturated rings. The van der Waals surface area contributed by atoms with E-state index in [1.807, 2.05) is 0 Å². The largest absolute Gasteiger partial charge is 0.463 e. The summed E-state index contributed by atoms with van der Waals surface area (Å²) in [6.07, 6.45) is 1.38. The Kier molecular flexibility index (Phi) is 4.59. The van der Waals surface area contributed by atoms with E-state index in [-0.39, 0.29) is 18.0 Å². The second-order valence-electron chi connectivity index (χ2n) is 4.04. The van der Waals surface area contributed by atoms with Crippen molar-refractivity contribution in [3.8, 4) is 0 Å². The van der Waals surface area contributed by atoms with Gasteiger partial charge in [-0.05, 0) is 28.1 Å². The minimum atomic E-state index is -0.574. The monoisotopic (exact) mass is 354 g/mol. The van der Waals surface area contributed by atoms with Crippen LogP contribution in [-0.2, 0) is 11.3 Å². The maximum atomic E-state index is 11.5. The van der Waals surface area contributed by atoms with Gasteiger partial charge in [0.15, 0.2) is 0 Å². The van der Waals surface area contributed by atoms with Crippen LogP contribution in [0.25, 0.3) is 0 Å². The molecule has 0 saturated carbocycles. The van der Waals surface area contributed by atoms with Crippen molar-refractivity contribution < 1.29 is 18.9 Å². The summed E-state index contributed by atoms with van der Waals surface area (Å²) in [5.41, 5.74) is 1.11. The number of nitro benzene ring substituents is 1. The van der Waals surface area contributed by atoms with E-state index in [1.165, 1.54) is 25.5 Å². The van der Waals surface area contributed by atoms with E-state index in [9.17, 15) is 14.9 Å². The van der Waals surface area contributed by atoms with Gasteiger partial charge in [0.05, 0.1) is 24.0 Å². The lowest BCUT2D eigenvalue weighted by atomic mass is 10.2. The SMILES string of the molecule is COC(=O)c1occc1CNc1cc([N+](=O)[O-])ccc1Br. The van der Waals surface area contributed by atoms with Crippen molar-refractivity contribution in [1.82, 2.24) is 0 Å².